The second-order valence-corrected chi connectivity index (χ2v) is 4.69. The van der Waals surface area contributed by atoms with Crippen molar-refractivity contribution in [1.29, 1.82) is 0 Å². The number of nitrogens with one attached hydrogen (secondary N) is 1. The zero-order valence-electron chi connectivity index (χ0n) is 11.0. The number of hydrogen-bond acceptors (Lipinski definition) is 4. The molecule has 0 radical (unpaired) electrons. The first-order valence-corrected chi connectivity index (χ1v) is 5.62. The molecule has 5 heteroatoms. The fraction of sp³-hybridized carbons (Fsp3) is 0.462. The number of rotatable bonds is 4. The average molecular weight is 255 g/mol. The normalized spacial score (nSPS) is 13.2. The van der Waals surface area contributed by atoms with E-state index in [9.17, 15) is 14.3 Å². The van der Waals surface area contributed by atoms with Gasteiger partial charge in [-0.2, -0.15) is 0 Å². The Hall–Kier alpha value is -1.62. The predicted molar refractivity (Wildman–Crippen MR) is 65.7 cm³/mol. The molecule has 1 aromatic carbocycles. The standard InChI is InChI=1S/C13H18FNO3/c1-8(15-13(2,3)12(17)18-4)10-6-5-9(14)7-11(10)16/h5-8,15-16H,1-4H3. The second kappa shape index (κ2) is 5.35. The van der Waals surface area contributed by atoms with Crippen LogP contribution in [0.25, 0.3) is 0 Å². The largest absolute Gasteiger partial charge is 0.508 e. The van der Waals surface area contributed by atoms with E-state index in [4.69, 9.17) is 0 Å². The van der Waals surface area contributed by atoms with Gasteiger partial charge in [-0.15, -0.1) is 0 Å². The molecular formula is C13H18FNO3. The molecule has 0 saturated heterocycles. The van der Waals surface area contributed by atoms with E-state index in [0.29, 0.717) is 5.56 Å². The van der Waals surface area contributed by atoms with Gasteiger partial charge in [0, 0.05) is 17.7 Å². The van der Waals surface area contributed by atoms with Crippen LogP contribution in [0.4, 0.5) is 4.39 Å². The molecule has 1 atom stereocenters. The van der Waals surface area contributed by atoms with E-state index in [1.165, 1.54) is 19.2 Å². The molecule has 18 heavy (non-hydrogen) atoms. The molecule has 0 saturated carbocycles. The van der Waals surface area contributed by atoms with E-state index in [1.54, 1.807) is 20.8 Å². The highest BCUT2D eigenvalue weighted by molar-refractivity contribution is 5.79. The number of benzene rings is 1. The number of carbonyl (C=O) groups excluding carboxylic acids is 1. The first-order chi connectivity index (χ1) is 8.27. The van der Waals surface area contributed by atoms with Gasteiger partial charge < -0.3 is 9.84 Å². The third-order valence-electron chi connectivity index (χ3n) is 2.73. The van der Waals surface area contributed by atoms with Gasteiger partial charge in [-0.3, -0.25) is 10.1 Å². The maximum atomic E-state index is 12.9. The number of esters is 1. The molecule has 0 spiro atoms. The van der Waals surface area contributed by atoms with E-state index in [0.717, 1.165) is 6.07 Å². The fourth-order valence-corrected chi connectivity index (χ4v) is 1.82. The molecule has 1 aromatic rings. The lowest BCUT2D eigenvalue weighted by atomic mass is 10.0. The number of aromatic hydroxyl groups is 1. The lowest BCUT2D eigenvalue weighted by Crippen LogP contribution is -2.48. The molecule has 0 heterocycles. The van der Waals surface area contributed by atoms with E-state index in [-0.39, 0.29) is 11.8 Å². The minimum Gasteiger partial charge on any atom is -0.508 e. The van der Waals surface area contributed by atoms with Crippen LogP contribution in [0.5, 0.6) is 5.75 Å². The summed E-state index contributed by atoms with van der Waals surface area (Å²) in [6, 6.07) is 3.46. The molecule has 2 N–H and O–H groups in total. The van der Waals surface area contributed by atoms with Crippen molar-refractivity contribution in [2.24, 2.45) is 0 Å². The van der Waals surface area contributed by atoms with Gasteiger partial charge in [0.25, 0.3) is 0 Å². The first-order valence-electron chi connectivity index (χ1n) is 5.62. The average Bonchev–Trinajstić information content (AvgIpc) is 2.26. The summed E-state index contributed by atoms with van der Waals surface area (Å²) in [5.41, 5.74) is -0.372. The quantitative estimate of drug-likeness (QED) is 0.809. The number of phenolic OH excluding ortho intramolecular Hbond substituents is 1. The summed E-state index contributed by atoms with van der Waals surface area (Å²) >= 11 is 0. The van der Waals surface area contributed by atoms with Crippen LogP contribution in [0.2, 0.25) is 0 Å². The van der Waals surface area contributed by atoms with E-state index >= 15 is 0 Å². The van der Waals surface area contributed by atoms with Gasteiger partial charge in [-0.05, 0) is 26.8 Å². The van der Waals surface area contributed by atoms with Crippen LogP contribution < -0.4 is 5.32 Å². The van der Waals surface area contributed by atoms with Crippen molar-refractivity contribution >= 4 is 5.97 Å². The molecule has 0 bridgehead atoms. The van der Waals surface area contributed by atoms with Gasteiger partial charge in [0.2, 0.25) is 0 Å². The summed E-state index contributed by atoms with van der Waals surface area (Å²) in [4.78, 5) is 11.5. The number of carbonyl (C=O) groups is 1. The molecule has 1 unspecified atom stereocenters. The van der Waals surface area contributed by atoms with Crippen molar-refractivity contribution in [3.8, 4) is 5.75 Å². The lowest BCUT2D eigenvalue weighted by Gasteiger charge is -2.28. The van der Waals surface area contributed by atoms with Crippen molar-refractivity contribution in [3.05, 3.63) is 29.6 Å². The van der Waals surface area contributed by atoms with Crippen LogP contribution in [-0.4, -0.2) is 23.7 Å². The molecule has 0 fully saturated rings. The van der Waals surface area contributed by atoms with Gasteiger partial charge >= 0.3 is 5.97 Å². The Kier molecular flexibility index (Phi) is 4.29. The van der Waals surface area contributed by atoms with Crippen molar-refractivity contribution in [3.63, 3.8) is 0 Å². The summed E-state index contributed by atoms with van der Waals surface area (Å²) in [7, 11) is 1.31. The van der Waals surface area contributed by atoms with E-state index in [1.807, 2.05) is 0 Å². The predicted octanol–water partition coefficient (Wildman–Crippen LogP) is 2.13. The Morgan fingerprint density at radius 1 is 1.50 bits per heavy atom. The molecule has 4 nitrogen and oxygen atoms in total. The topological polar surface area (TPSA) is 58.6 Å². The third-order valence-corrected chi connectivity index (χ3v) is 2.73. The van der Waals surface area contributed by atoms with Crippen LogP contribution in [0.15, 0.2) is 18.2 Å². The van der Waals surface area contributed by atoms with Crippen molar-refractivity contribution in [1.82, 2.24) is 5.32 Å². The molecule has 100 valence electrons. The SMILES string of the molecule is COC(=O)C(C)(C)NC(C)c1ccc(F)cc1O. The Morgan fingerprint density at radius 3 is 2.61 bits per heavy atom. The molecule has 0 aliphatic carbocycles. The highest BCUT2D eigenvalue weighted by atomic mass is 19.1. The zero-order chi connectivity index (χ0) is 13.9. The molecule has 0 aliphatic heterocycles. The number of ether oxygens (including phenoxy) is 1. The van der Waals surface area contributed by atoms with Gasteiger partial charge in [-0.1, -0.05) is 6.07 Å². The van der Waals surface area contributed by atoms with Gasteiger partial charge in [0.05, 0.1) is 7.11 Å². The third kappa shape index (κ3) is 3.20. The Bertz CT molecular complexity index is 446. The molecule has 0 amide bonds. The molecular weight excluding hydrogens is 237 g/mol. The summed E-state index contributed by atoms with van der Waals surface area (Å²) in [5, 5.41) is 12.7. The Labute approximate surface area is 106 Å². The maximum absolute atomic E-state index is 12.9. The molecule has 1 rings (SSSR count). The van der Waals surface area contributed by atoms with Crippen molar-refractivity contribution < 1.29 is 19.0 Å². The van der Waals surface area contributed by atoms with Crippen LogP contribution in [0.1, 0.15) is 32.4 Å². The lowest BCUT2D eigenvalue weighted by molar-refractivity contribution is -0.147. The molecule has 0 aliphatic rings. The van der Waals surface area contributed by atoms with Crippen molar-refractivity contribution in [2.45, 2.75) is 32.4 Å². The van der Waals surface area contributed by atoms with Crippen LogP contribution >= 0.6 is 0 Å². The van der Waals surface area contributed by atoms with E-state index in [2.05, 4.69) is 10.1 Å². The number of methoxy groups -OCH3 is 1. The molecule has 0 aromatic heterocycles. The highest BCUT2D eigenvalue weighted by Crippen LogP contribution is 2.26. The van der Waals surface area contributed by atoms with Crippen LogP contribution in [0, 0.1) is 5.82 Å². The van der Waals surface area contributed by atoms with Gasteiger partial charge in [-0.25, -0.2) is 4.39 Å². The minimum atomic E-state index is -0.894. The summed E-state index contributed by atoms with van der Waals surface area (Å²) in [6.45, 7) is 5.13. The van der Waals surface area contributed by atoms with Crippen LogP contribution in [-0.2, 0) is 9.53 Å². The smallest absolute Gasteiger partial charge is 0.325 e. The Balaban J connectivity index is 2.88. The minimum absolute atomic E-state index is 0.143. The summed E-state index contributed by atoms with van der Waals surface area (Å²) in [5.74, 6) is -1.05. The number of hydrogen-bond donors (Lipinski definition) is 2. The fourth-order valence-electron chi connectivity index (χ4n) is 1.82. The Morgan fingerprint density at radius 2 is 2.11 bits per heavy atom. The zero-order valence-corrected chi connectivity index (χ0v) is 11.0. The maximum Gasteiger partial charge on any atom is 0.325 e. The van der Waals surface area contributed by atoms with Gasteiger partial charge in [0.15, 0.2) is 0 Å². The first kappa shape index (κ1) is 14.4. The van der Waals surface area contributed by atoms with Crippen molar-refractivity contribution in [2.75, 3.05) is 7.11 Å². The second-order valence-electron chi connectivity index (χ2n) is 4.69. The van der Waals surface area contributed by atoms with E-state index < -0.39 is 17.3 Å². The van der Waals surface area contributed by atoms with Crippen LogP contribution in [0.3, 0.4) is 0 Å². The monoisotopic (exact) mass is 255 g/mol. The number of phenols is 1. The van der Waals surface area contributed by atoms with Gasteiger partial charge in [0.1, 0.15) is 17.1 Å². The highest BCUT2D eigenvalue weighted by Gasteiger charge is 2.30. The summed E-state index contributed by atoms with van der Waals surface area (Å²) < 4.78 is 17.6. The number of halogens is 1. The summed E-state index contributed by atoms with van der Waals surface area (Å²) in [6.07, 6.45) is 0.